The third kappa shape index (κ3) is 3.03. The van der Waals surface area contributed by atoms with Crippen LogP contribution < -0.4 is 19.9 Å². The molecule has 29 heavy (non-hydrogen) atoms. The first-order valence-corrected chi connectivity index (χ1v) is 10.1. The van der Waals surface area contributed by atoms with E-state index >= 15 is 0 Å². The van der Waals surface area contributed by atoms with Crippen LogP contribution in [0.2, 0.25) is 0 Å². The van der Waals surface area contributed by atoms with Crippen molar-refractivity contribution in [2.45, 2.75) is 45.2 Å². The average Bonchev–Trinajstić information content (AvgIpc) is 3.34. The van der Waals surface area contributed by atoms with Crippen molar-refractivity contribution in [2.75, 3.05) is 24.7 Å². The Morgan fingerprint density at radius 3 is 2.76 bits per heavy atom. The number of rotatable bonds is 2. The summed E-state index contributed by atoms with van der Waals surface area (Å²) < 4.78 is 13.2. The SMILES string of the molecule is CC(C)(C)n1ncc2c(=O)[nH]c(N3CCCC3c3ccc4c(c3)OCCO4)nc21. The molecular formula is C21H25N5O3. The second-order valence-corrected chi connectivity index (χ2v) is 8.61. The summed E-state index contributed by atoms with van der Waals surface area (Å²) in [4.78, 5) is 22.7. The molecule has 0 spiro atoms. The van der Waals surface area contributed by atoms with Gasteiger partial charge in [0.1, 0.15) is 18.6 Å². The zero-order valence-electron chi connectivity index (χ0n) is 16.9. The quantitative estimate of drug-likeness (QED) is 0.718. The first-order chi connectivity index (χ1) is 13.9. The lowest BCUT2D eigenvalue weighted by Crippen LogP contribution is -2.29. The normalized spacial score (nSPS) is 19.1. The molecule has 8 heteroatoms. The number of benzene rings is 1. The maximum atomic E-state index is 12.7. The van der Waals surface area contributed by atoms with Crippen LogP contribution in [0.1, 0.15) is 45.2 Å². The van der Waals surface area contributed by atoms with Gasteiger partial charge in [0, 0.05) is 6.54 Å². The van der Waals surface area contributed by atoms with Crippen LogP contribution in [0, 0.1) is 0 Å². The highest BCUT2D eigenvalue weighted by molar-refractivity contribution is 5.75. The van der Waals surface area contributed by atoms with E-state index in [9.17, 15) is 4.79 Å². The summed E-state index contributed by atoms with van der Waals surface area (Å²) in [5.41, 5.74) is 1.33. The van der Waals surface area contributed by atoms with E-state index in [2.05, 4.69) is 41.8 Å². The van der Waals surface area contributed by atoms with Crippen LogP contribution in [-0.2, 0) is 5.54 Å². The molecule has 3 aromatic rings. The van der Waals surface area contributed by atoms with Crippen LogP contribution in [0.25, 0.3) is 11.0 Å². The molecule has 0 amide bonds. The lowest BCUT2D eigenvalue weighted by molar-refractivity contribution is 0.171. The summed E-state index contributed by atoms with van der Waals surface area (Å²) in [7, 11) is 0. The molecule has 0 bridgehead atoms. The maximum Gasteiger partial charge on any atom is 0.263 e. The monoisotopic (exact) mass is 395 g/mol. The fourth-order valence-corrected chi connectivity index (χ4v) is 4.17. The number of ether oxygens (including phenoxy) is 2. The largest absolute Gasteiger partial charge is 0.486 e. The van der Waals surface area contributed by atoms with Gasteiger partial charge >= 0.3 is 0 Å². The molecule has 1 unspecified atom stereocenters. The Bertz CT molecular complexity index is 1130. The molecule has 0 aliphatic carbocycles. The molecule has 2 aromatic heterocycles. The lowest BCUT2D eigenvalue weighted by atomic mass is 10.0. The van der Waals surface area contributed by atoms with Gasteiger partial charge in [0.05, 0.1) is 17.8 Å². The van der Waals surface area contributed by atoms with Crippen molar-refractivity contribution in [2.24, 2.45) is 0 Å². The molecule has 5 rings (SSSR count). The van der Waals surface area contributed by atoms with E-state index in [0.717, 1.165) is 36.4 Å². The van der Waals surface area contributed by atoms with Crippen molar-refractivity contribution in [1.82, 2.24) is 19.7 Å². The predicted molar refractivity (Wildman–Crippen MR) is 110 cm³/mol. The van der Waals surface area contributed by atoms with Gasteiger partial charge in [-0.2, -0.15) is 10.1 Å². The number of nitrogens with one attached hydrogen (secondary N) is 1. The van der Waals surface area contributed by atoms with Gasteiger partial charge in [0.2, 0.25) is 5.95 Å². The molecule has 1 atom stereocenters. The number of aromatic amines is 1. The van der Waals surface area contributed by atoms with E-state index in [1.54, 1.807) is 6.20 Å². The molecule has 1 aromatic carbocycles. The minimum absolute atomic E-state index is 0.123. The maximum absolute atomic E-state index is 12.7. The predicted octanol–water partition coefficient (Wildman–Crippen LogP) is 2.99. The van der Waals surface area contributed by atoms with Gasteiger partial charge in [-0.15, -0.1) is 0 Å². The Morgan fingerprint density at radius 2 is 1.97 bits per heavy atom. The standard InChI is InChI=1S/C21H25N5O3/c1-21(2,3)26-18-14(12-22-26)19(27)24-20(23-18)25-8-4-5-15(25)13-6-7-16-17(11-13)29-10-9-28-16/h6-7,11-12,15H,4-5,8-10H2,1-3H3,(H,23,24,27). The lowest BCUT2D eigenvalue weighted by Gasteiger charge is -2.27. The summed E-state index contributed by atoms with van der Waals surface area (Å²) in [6, 6.07) is 6.21. The first kappa shape index (κ1) is 18.0. The molecule has 0 saturated carbocycles. The molecule has 1 N–H and O–H groups in total. The zero-order chi connectivity index (χ0) is 20.2. The van der Waals surface area contributed by atoms with E-state index in [-0.39, 0.29) is 17.1 Å². The topological polar surface area (TPSA) is 85.3 Å². The van der Waals surface area contributed by atoms with Gasteiger partial charge in [-0.1, -0.05) is 6.07 Å². The van der Waals surface area contributed by atoms with Crippen LogP contribution in [0.15, 0.2) is 29.2 Å². The minimum atomic E-state index is -0.264. The second-order valence-electron chi connectivity index (χ2n) is 8.61. The molecular weight excluding hydrogens is 370 g/mol. The molecule has 8 nitrogen and oxygen atoms in total. The second kappa shape index (κ2) is 6.50. The van der Waals surface area contributed by atoms with Gasteiger partial charge in [0.25, 0.3) is 5.56 Å². The molecule has 1 saturated heterocycles. The van der Waals surface area contributed by atoms with Gasteiger partial charge in [-0.25, -0.2) is 4.68 Å². The average molecular weight is 395 g/mol. The molecule has 152 valence electrons. The Labute approximate surface area is 168 Å². The van der Waals surface area contributed by atoms with E-state index in [1.807, 2.05) is 16.8 Å². The Balaban J connectivity index is 1.56. The summed E-state index contributed by atoms with van der Waals surface area (Å²) in [6.45, 7) is 8.13. The Morgan fingerprint density at radius 1 is 1.17 bits per heavy atom. The van der Waals surface area contributed by atoms with Crippen molar-refractivity contribution < 1.29 is 9.47 Å². The molecule has 1 fully saturated rings. The fourth-order valence-electron chi connectivity index (χ4n) is 4.17. The number of fused-ring (bicyclic) bond motifs is 2. The fraction of sp³-hybridized carbons (Fsp3) is 0.476. The van der Waals surface area contributed by atoms with Crippen molar-refractivity contribution >= 4 is 17.0 Å². The van der Waals surface area contributed by atoms with Gasteiger partial charge in [-0.05, 0) is 51.3 Å². The first-order valence-electron chi connectivity index (χ1n) is 10.1. The zero-order valence-corrected chi connectivity index (χ0v) is 16.9. The summed E-state index contributed by atoms with van der Waals surface area (Å²) in [5, 5.41) is 4.92. The highest BCUT2D eigenvalue weighted by Gasteiger charge is 2.30. The third-order valence-electron chi connectivity index (χ3n) is 5.54. The van der Waals surface area contributed by atoms with E-state index in [1.165, 1.54) is 0 Å². The highest BCUT2D eigenvalue weighted by atomic mass is 16.6. The number of hydrogen-bond acceptors (Lipinski definition) is 6. The highest BCUT2D eigenvalue weighted by Crippen LogP contribution is 2.39. The van der Waals surface area contributed by atoms with Crippen LogP contribution in [0.5, 0.6) is 11.5 Å². The summed E-state index contributed by atoms with van der Waals surface area (Å²) in [5.74, 6) is 2.15. The third-order valence-corrected chi connectivity index (χ3v) is 5.54. The van der Waals surface area contributed by atoms with Crippen LogP contribution in [0.3, 0.4) is 0 Å². The van der Waals surface area contributed by atoms with Crippen molar-refractivity contribution in [3.63, 3.8) is 0 Å². The van der Waals surface area contributed by atoms with Gasteiger partial charge in [0.15, 0.2) is 17.1 Å². The molecule has 0 radical (unpaired) electrons. The Kier molecular flexibility index (Phi) is 4.04. The number of aromatic nitrogens is 4. The van der Waals surface area contributed by atoms with Crippen LogP contribution >= 0.6 is 0 Å². The van der Waals surface area contributed by atoms with Crippen molar-refractivity contribution in [3.8, 4) is 11.5 Å². The van der Waals surface area contributed by atoms with E-state index in [4.69, 9.17) is 14.5 Å². The van der Waals surface area contributed by atoms with Gasteiger partial charge < -0.3 is 14.4 Å². The number of H-pyrrole nitrogens is 1. The van der Waals surface area contributed by atoms with E-state index in [0.29, 0.717) is 30.2 Å². The smallest absolute Gasteiger partial charge is 0.263 e. The van der Waals surface area contributed by atoms with Crippen molar-refractivity contribution in [3.05, 3.63) is 40.3 Å². The number of nitrogens with zero attached hydrogens (tertiary/aromatic N) is 4. The number of anilines is 1. The molecule has 2 aliphatic rings. The molecule has 2 aliphatic heterocycles. The Hall–Kier alpha value is -3.03. The van der Waals surface area contributed by atoms with Crippen LogP contribution in [-0.4, -0.2) is 39.5 Å². The minimum Gasteiger partial charge on any atom is -0.486 e. The summed E-state index contributed by atoms with van der Waals surface area (Å²) in [6.07, 6.45) is 3.61. The number of hydrogen-bond donors (Lipinski definition) is 1. The molecule has 4 heterocycles. The summed E-state index contributed by atoms with van der Waals surface area (Å²) >= 11 is 0. The van der Waals surface area contributed by atoms with Gasteiger partial charge in [-0.3, -0.25) is 9.78 Å². The van der Waals surface area contributed by atoms with E-state index < -0.39 is 0 Å². The van der Waals surface area contributed by atoms with Crippen molar-refractivity contribution in [1.29, 1.82) is 0 Å². The van der Waals surface area contributed by atoms with Crippen LogP contribution in [0.4, 0.5) is 5.95 Å².